The molecule has 1 aromatic heterocycles. The molecule has 0 spiro atoms. The van der Waals surface area contributed by atoms with Crippen LogP contribution in [0.2, 0.25) is 0 Å². The molecule has 0 saturated heterocycles. The van der Waals surface area contributed by atoms with Crippen LogP contribution in [0.25, 0.3) is 0 Å². The average Bonchev–Trinajstić information content (AvgIpc) is 3.25. The Bertz CT molecular complexity index is 1090. The van der Waals surface area contributed by atoms with Crippen molar-refractivity contribution in [2.24, 2.45) is 0 Å². The second kappa shape index (κ2) is 11.3. The monoisotopic (exact) mass is 474 g/mol. The fourth-order valence-electron chi connectivity index (χ4n) is 2.72. The topological polar surface area (TPSA) is 112 Å². The van der Waals surface area contributed by atoms with Crippen molar-refractivity contribution in [1.82, 2.24) is 10.2 Å². The minimum absolute atomic E-state index is 0.143. The Morgan fingerprint density at radius 2 is 1.66 bits per heavy atom. The van der Waals surface area contributed by atoms with E-state index in [0.717, 1.165) is 5.56 Å². The minimum Gasteiger partial charge on any atom is -0.495 e. The zero-order chi connectivity index (χ0) is 22.9. The van der Waals surface area contributed by atoms with Crippen molar-refractivity contribution in [3.8, 4) is 17.2 Å². The van der Waals surface area contributed by atoms with Crippen LogP contribution < -0.4 is 24.8 Å². The number of hydrogen-bond donors (Lipinski definition) is 2. The highest BCUT2D eigenvalue weighted by Gasteiger charge is 2.13. The summed E-state index contributed by atoms with van der Waals surface area (Å²) < 4.78 is 16.2. The maximum absolute atomic E-state index is 12.3. The van der Waals surface area contributed by atoms with Crippen LogP contribution in [0.3, 0.4) is 0 Å². The number of hydrogen-bond acceptors (Lipinski definition) is 9. The van der Waals surface area contributed by atoms with Gasteiger partial charge in [-0.05, 0) is 29.8 Å². The van der Waals surface area contributed by atoms with E-state index in [2.05, 4.69) is 20.8 Å². The van der Waals surface area contributed by atoms with Crippen LogP contribution >= 0.6 is 23.1 Å². The SMILES string of the molecule is COc1ccccc1NC(=O)CSc1nnc(NC(=O)Cc2ccc(OC)c(OC)c2)s1. The summed E-state index contributed by atoms with van der Waals surface area (Å²) in [6.45, 7) is 0. The van der Waals surface area contributed by atoms with Crippen LogP contribution in [0.15, 0.2) is 46.8 Å². The molecule has 9 nitrogen and oxygen atoms in total. The zero-order valence-electron chi connectivity index (χ0n) is 17.7. The minimum atomic E-state index is -0.237. The molecule has 168 valence electrons. The van der Waals surface area contributed by atoms with Gasteiger partial charge in [0.2, 0.25) is 16.9 Å². The molecule has 2 aromatic carbocycles. The van der Waals surface area contributed by atoms with Gasteiger partial charge >= 0.3 is 0 Å². The Labute approximate surface area is 193 Å². The quantitative estimate of drug-likeness (QED) is 0.339. The van der Waals surface area contributed by atoms with E-state index in [1.807, 2.05) is 12.1 Å². The molecule has 0 fully saturated rings. The van der Waals surface area contributed by atoms with Gasteiger partial charge in [0.25, 0.3) is 0 Å². The first kappa shape index (κ1) is 23.4. The molecule has 3 rings (SSSR count). The van der Waals surface area contributed by atoms with Gasteiger partial charge < -0.3 is 24.8 Å². The van der Waals surface area contributed by atoms with Crippen molar-refractivity contribution in [3.63, 3.8) is 0 Å². The van der Waals surface area contributed by atoms with E-state index in [4.69, 9.17) is 14.2 Å². The third-order valence-corrected chi connectivity index (χ3v) is 6.15. The van der Waals surface area contributed by atoms with E-state index in [-0.39, 0.29) is 24.0 Å². The van der Waals surface area contributed by atoms with Crippen molar-refractivity contribution in [1.29, 1.82) is 0 Å². The number of para-hydroxylation sites is 2. The van der Waals surface area contributed by atoms with Crippen molar-refractivity contribution in [3.05, 3.63) is 48.0 Å². The van der Waals surface area contributed by atoms with Crippen molar-refractivity contribution in [2.75, 3.05) is 37.7 Å². The summed E-state index contributed by atoms with van der Waals surface area (Å²) in [6, 6.07) is 12.5. The van der Waals surface area contributed by atoms with Gasteiger partial charge in [-0.2, -0.15) is 0 Å². The highest BCUT2D eigenvalue weighted by molar-refractivity contribution is 8.01. The summed E-state index contributed by atoms with van der Waals surface area (Å²) in [7, 11) is 4.64. The molecule has 0 bridgehead atoms. The molecule has 2 N–H and O–H groups in total. The van der Waals surface area contributed by atoms with Gasteiger partial charge in [0.05, 0.1) is 39.2 Å². The fraction of sp³-hybridized carbons (Fsp3) is 0.238. The van der Waals surface area contributed by atoms with Crippen molar-refractivity contribution in [2.45, 2.75) is 10.8 Å². The van der Waals surface area contributed by atoms with Gasteiger partial charge in [-0.25, -0.2) is 0 Å². The van der Waals surface area contributed by atoms with Gasteiger partial charge in [-0.1, -0.05) is 41.3 Å². The first-order valence-electron chi connectivity index (χ1n) is 9.42. The first-order chi connectivity index (χ1) is 15.5. The molecule has 0 radical (unpaired) electrons. The molecular formula is C21H22N4O5S2. The van der Waals surface area contributed by atoms with E-state index < -0.39 is 0 Å². The maximum atomic E-state index is 12.3. The van der Waals surface area contributed by atoms with Gasteiger partial charge in [0.1, 0.15) is 5.75 Å². The number of rotatable bonds is 10. The predicted octanol–water partition coefficient (Wildman–Crippen LogP) is 3.48. The number of methoxy groups -OCH3 is 3. The zero-order valence-corrected chi connectivity index (χ0v) is 19.3. The number of anilines is 2. The molecule has 0 unspecified atom stereocenters. The van der Waals surface area contributed by atoms with Gasteiger partial charge in [0, 0.05) is 0 Å². The molecule has 32 heavy (non-hydrogen) atoms. The molecule has 0 atom stereocenters. The molecule has 0 aliphatic rings. The summed E-state index contributed by atoms with van der Waals surface area (Å²) in [5.41, 5.74) is 1.37. The Balaban J connectivity index is 1.50. The van der Waals surface area contributed by atoms with Crippen LogP contribution in [-0.4, -0.2) is 49.1 Å². The maximum Gasteiger partial charge on any atom is 0.234 e. The Kier molecular flexibility index (Phi) is 8.28. The number of benzene rings is 2. The third-order valence-electron chi connectivity index (χ3n) is 4.17. The van der Waals surface area contributed by atoms with Gasteiger partial charge in [0.15, 0.2) is 15.8 Å². The summed E-state index contributed by atoms with van der Waals surface area (Å²) >= 11 is 2.43. The Morgan fingerprint density at radius 3 is 2.41 bits per heavy atom. The van der Waals surface area contributed by atoms with Crippen molar-refractivity contribution >= 4 is 45.7 Å². The first-order valence-corrected chi connectivity index (χ1v) is 11.2. The third kappa shape index (κ3) is 6.34. The van der Waals surface area contributed by atoms with E-state index >= 15 is 0 Å². The van der Waals surface area contributed by atoms with Crippen LogP contribution in [0, 0.1) is 0 Å². The van der Waals surface area contributed by atoms with Crippen LogP contribution in [0.4, 0.5) is 10.8 Å². The van der Waals surface area contributed by atoms with Gasteiger partial charge in [-0.15, -0.1) is 10.2 Å². The molecule has 11 heteroatoms. The lowest BCUT2D eigenvalue weighted by Crippen LogP contribution is -2.14. The van der Waals surface area contributed by atoms with Crippen LogP contribution in [0.5, 0.6) is 17.2 Å². The number of ether oxygens (including phenoxy) is 3. The van der Waals surface area contributed by atoms with Crippen LogP contribution in [0.1, 0.15) is 5.56 Å². The number of carbonyl (C=O) groups is 2. The van der Waals surface area contributed by atoms with Gasteiger partial charge in [-0.3, -0.25) is 9.59 Å². The summed E-state index contributed by atoms with van der Waals surface area (Å²) in [4.78, 5) is 24.6. The fourth-order valence-corrected chi connectivity index (χ4v) is 4.29. The summed E-state index contributed by atoms with van der Waals surface area (Å²) in [6.07, 6.45) is 0.143. The molecule has 0 aliphatic carbocycles. The number of thioether (sulfide) groups is 1. The average molecular weight is 475 g/mol. The van der Waals surface area contributed by atoms with E-state index in [0.29, 0.717) is 32.4 Å². The lowest BCUT2D eigenvalue weighted by atomic mass is 10.1. The highest BCUT2D eigenvalue weighted by atomic mass is 32.2. The molecular weight excluding hydrogens is 452 g/mol. The summed E-state index contributed by atoms with van der Waals surface area (Å²) in [5, 5.41) is 13.9. The Morgan fingerprint density at radius 1 is 0.906 bits per heavy atom. The second-order valence-electron chi connectivity index (χ2n) is 6.32. The number of aromatic nitrogens is 2. The largest absolute Gasteiger partial charge is 0.495 e. The normalized spacial score (nSPS) is 10.3. The number of nitrogens with zero attached hydrogens (tertiary/aromatic N) is 2. The highest BCUT2D eigenvalue weighted by Crippen LogP contribution is 2.29. The molecule has 0 aliphatic heterocycles. The second-order valence-corrected chi connectivity index (χ2v) is 8.52. The number of amides is 2. The number of carbonyl (C=O) groups excluding carboxylic acids is 2. The lowest BCUT2D eigenvalue weighted by molar-refractivity contribution is -0.115. The van der Waals surface area contributed by atoms with Crippen LogP contribution in [-0.2, 0) is 16.0 Å². The lowest BCUT2D eigenvalue weighted by Gasteiger charge is -2.09. The predicted molar refractivity (Wildman–Crippen MR) is 124 cm³/mol. The molecule has 3 aromatic rings. The molecule has 1 heterocycles. The standard InChI is InChI=1S/C21H22N4O5S2/c1-28-15-7-5-4-6-14(15)22-19(27)12-31-21-25-24-20(32-21)23-18(26)11-13-8-9-16(29-2)17(10-13)30-3/h4-10H,11-12H2,1-3H3,(H,22,27)(H,23,24,26). The Hall–Kier alpha value is -3.31. The van der Waals surface area contributed by atoms with E-state index in [9.17, 15) is 9.59 Å². The molecule has 0 saturated carbocycles. The number of nitrogens with one attached hydrogen (secondary N) is 2. The smallest absolute Gasteiger partial charge is 0.234 e. The molecule has 2 amide bonds. The summed E-state index contributed by atoms with van der Waals surface area (Å²) in [5.74, 6) is 1.44. The van der Waals surface area contributed by atoms with Crippen molar-refractivity contribution < 1.29 is 23.8 Å². The van der Waals surface area contributed by atoms with E-state index in [1.165, 1.54) is 23.1 Å². The van der Waals surface area contributed by atoms with E-state index in [1.54, 1.807) is 51.7 Å².